The minimum atomic E-state index is -0.954. The maximum atomic E-state index is 12.8. The lowest BCUT2D eigenvalue weighted by Gasteiger charge is -2.28. The molecule has 2 amide bonds. The fourth-order valence-electron chi connectivity index (χ4n) is 2.93. The third kappa shape index (κ3) is 2.60. The second-order valence-electron chi connectivity index (χ2n) is 5.76. The molecule has 1 N–H and O–H groups in total. The van der Waals surface area contributed by atoms with Crippen LogP contribution in [-0.2, 0) is 6.42 Å². The van der Waals surface area contributed by atoms with Crippen molar-refractivity contribution in [3.8, 4) is 0 Å². The summed E-state index contributed by atoms with van der Waals surface area (Å²) in [6.07, 6.45) is 3.91. The van der Waals surface area contributed by atoms with Crippen molar-refractivity contribution in [3.63, 3.8) is 0 Å². The van der Waals surface area contributed by atoms with Crippen molar-refractivity contribution in [2.45, 2.75) is 38.6 Å². The summed E-state index contributed by atoms with van der Waals surface area (Å²) in [6.45, 7) is 3.49. The molecule has 1 fully saturated rings. The maximum Gasteiger partial charge on any atom is 0.335 e. The Morgan fingerprint density at radius 3 is 2.76 bits per heavy atom. The summed E-state index contributed by atoms with van der Waals surface area (Å²) in [5.74, 6) is -0.954. The van der Waals surface area contributed by atoms with Crippen LogP contribution < -0.4 is 4.90 Å². The molecule has 0 aromatic heterocycles. The Labute approximate surface area is 124 Å². The molecule has 1 aromatic rings. The molecule has 1 aliphatic carbocycles. The van der Waals surface area contributed by atoms with E-state index < -0.39 is 5.97 Å². The van der Waals surface area contributed by atoms with Gasteiger partial charge in [0.2, 0.25) is 0 Å². The van der Waals surface area contributed by atoms with Gasteiger partial charge in [-0.15, -0.1) is 0 Å². The van der Waals surface area contributed by atoms with Gasteiger partial charge < -0.3 is 10.0 Å². The highest BCUT2D eigenvalue weighted by atomic mass is 16.4. The van der Waals surface area contributed by atoms with Crippen LogP contribution in [0.1, 0.15) is 42.1 Å². The molecule has 112 valence electrons. The predicted molar refractivity (Wildman–Crippen MR) is 79.9 cm³/mol. The molecule has 1 aliphatic heterocycles. The van der Waals surface area contributed by atoms with Gasteiger partial charge in [-0.25, -0.2) is 9.59 Å². The fourth-order valence-corrected chi connectivity index (χ4v) is 2.93. The first-order chi connectivity index (χ1) is 10.1. The van der Waals surface area contributed by atoms with Crippen LogP contribution in [0.25, 0.3) is 0 Å². The summed E-state index contributed by atoms with van der Waals surface area (Å²) in [5.41, 5.74) is 2.06. The van der Waals surface area contributed by atoms with Gasteiger partial charge in [0.1, 0.15) is 0 Å². The monoisotopic (exact) mass is 288 g/mol. The summed E-state index contributed by atoms with van der Waals surface area (Å²) in [7, 11) is 0. The Kier molecular flexibility index (Phi) is 3.57. The van der Waals surface area contributed by atoms with E-state index in [1.165, 1.54) is 0 Å². The quantitative estimate of drug-likeness (QED) is 0.926. The topological polar surface area (TPSA) is 60.9 Å². The van der Waals surface area contributed by atoms with Crippen molar-refractivity contribution >= 4 is 17.7 Å². The van der Waals surface area contributed by atoms with Gasteiger partial charge in [0, 0.05) is 24.8 Å². The standard InChI is InChI=1S/C16H20N2O3/c1-2-8-17(13-5-6-13)16(21)18-9-7-11-3-4-12(15(19)20)10-14(11)18/h3-4,10,13H,2,5-9H2,1H3,(H,19,20). The van der Waals surface area contributed by atoms with Crippen molar-refractivity contribution in [2.75, 3.05) is 18.0 Å². The van der Waals surface area contributed by atoms with Crippen molar-refractivity contribution in [2.24, 2.45) is 0 Å². The minimum Gasteiger partial charge on any atom is -0.478 e. The maximum absolute atomic E-state index is 12.8. The molecule has 1 heterocycles. The molecule has 1 saturated carbocycles. The Morgan fingerprint density at radius 2 is 2.14 bits per heavy atom. The van der Waals surface area contributed by atoms with Gasteiger partial charge in [-0.1, -0.05) is 13.0 Å². The van der Waals surface area contributed by atoms with Crippen LogP contribution in [0, 0.1) is 0 Å². The smallest absolute Gasteiger partial charge is 0.335 e. The summed E-state index contributed by atoms with van der Waals surface area (Å²) in [5, 5.41) is 9.12. The van der Waals surface area contributed by atoms with Crippen LogP contribution >= 0.6 is 0 Å². The number of aromatic carboxylic acids is 1. The number of hydrogen-bond acceptors (Lipinski definition) is 2. The van der Waals surface area contributed by atoms with Crippen molar-refractivity contribution in [1.82, 2.24) is 4.90 Å². The lowest BCUT2D eigenvalue weighted by atomic mass is 10.1. The highest BCUT2D eigenvalue weighted by Crippen LogP contribution is 2.33. The first-order valence-corrected chi connectivity index (χ1v) is 7.56. The van der Waals surface area contributed by atoms with Gasteiger partial charge in [-0.2, -0.15) is 0 Å². The largest absolute Gasteiger partial charge is 0.478 e. The average Bonchev–Trinajstić information content (AvgIpc) is 3.22. The van der Waals surface area contributed by atoms with Gasteiger partial charge in [-0.3, -0.25) is 4.90 Å². The minimum absolute atomic E-state index is 0.0284. The van der Waals surface area contributed by atoms with E-state index in [1.807, 2.05) is 11.0 Å². The van der Waals surface area contributed by atoms with E-state index in [2.05, 4.69) is 6.92 Å². The van der Waals surface area contributed by atoms with E-state index >= 15 is 0 Å². The molecule has 0 radical (unpaired) electrons. The second kappa shape index (κ2) is 5.39. The zero-order valence-corrected chi connectivity index (χ0v) is 12.2. The number of rotatable bonds is 4. The number of carboxylic acid groups (broad SMARTS) is 1. The summed E-state index contributed by atoms with van der Waals surface area (Å²) < 4.78 is 0. The van der Waals surface area contributed by atoms with E-state index in [0.29, 0.717) is 12.6 Å². The van der Waals surface area contributed by atoms with E-state index in [0.717, 1.165) is 43.5 Å². The molecule has 2 aliphatic rings. The molecular weight excluding hydrogens is 268 g/mol. The van der Waals surface area contributed by atoms with E-state index in [9.17, 15) is 9.59 Å². The second-order valence-corrected chi connectivity index (χ2v) is 5.76. The highest BCUT2D eigenvalue weighted by Gasteiger charge is 2.36. The van der Waals surface area contributed by atoms with Gasteiger partial charge in [0.05, 0.1) is 5.56 Å². The van der Waals surface area contributed by atoms with Gasteiger partial charge >= 0.3 is 12.0 Å². The van der Waals surface area contributed by atoms with Crippen LogP contribution in [0.5, 0.6) is 0 Å². The van der Waals surface area contributed by atoms with Gasteiger partial charge in [0.15, 0.2) is 0 Å². The first-order valence-electron chi connectivity index (χ1n) is 7.56. The lowest BCUT2D eigenvalue weighted by molar-refractivity contribution is 0.0697. The molecule has 0 atom stereocenters. The number of urea groups is 1. The SMILES string of the molecule is CCCN(C(=O)N1CCc2ccc(C(=O)O)cc21)C1CC1. The predicted octanol–water partition coefficient (Wildman–Crippen LogP) is 2.74. The van der Waals surface area contributed by atoms with E-state index in [1.54, 1.807) is 17.0 Å². The highest BCUT2D eigenvalue weighted by molar-refractivity contribution is 5.97. The molecule has 3 rings (SSSR count). The Balaban J connectivity index is 1.86. The van der Waals surface area contributed by atoms with Crippen LogP contribution in [0.2, 0.25) is 0 Å². The van der Waals surface area contributed by atoms with E-state index in [4.69, 9.17) is 5.11 Å². The number of carbonyl (C=O) groups is 2. The Bertz CT molecular complexity index is 581. The number of nitrogens with zero attached hydrogens (tertiary/aromatic N) is 2. The van der Waals surface area contributed by atoms with Crippen LogP contribution in [0.3, 0.4) is 0 Å². The molecule has 21 heavy (non-hydrogen) atoms. The molecule has 0 unspecified atom stereocenters. The molecule has 1 aromatic carbocycles. The molecule has 0 spiro atoms. The Hall–Kier alpha value is -2.04. The van der Waals surface area contributed by atoms with Crippen molar-refractivity contribution in [3.05, 3.63) is 29.3 Å². The third-order valence-electron chi connectivity index (χ3n) is 4.16. The summed E-state index contributed by atoms with van der Waals surface area (Å²) in [4.78, 5) is 27.6. The molecule has 5 nitrogen and oxygen atoms in total. The number of amides is 2. The lowest BCUT2D eigenvalue weighted by Crippen LogP contribution is -2.44. The zero-order chi connectivity index (χ0) is 15.0. The van der Waals surface area contributed by atoms with Crippen LogP contribution in [0.15, 0.2) is 18.2 Å². The number of anilines is 1. The normalized spacial score (nSPS) is 16.7. The molecule has 0 saturated heterocycles. The first kappa shape index (κ1) is 13.9. The number of hydrogen-bond donors (Lipinski definition) is 1. The fraction of sp³-hybridized carbons (Fsp3) is 0.500. The summed E-state index contributed by atoms with van der Waals surface area (Å²) in [6, 6.07) is 5.47. The molecule has 5 heteroatoms. The van der Waals surface area contributed by atoms with Crippen molar-refractivity contribution < 1.29 is 14.7 Å². The zero-order valence-electron chi connectivity index (χ0n) is 12.2. The molecular formula is C16H20N2O3. The average molecular weight is 288 g/mol. The van der Waals surface area contributed by atoms with Gasteiger partial charge in [0.25, 0.3) is 0 Å². The van der Waals surface area contributed by atoms with E-state index in [-0.39, 0.29) is 11.6 Å². The molecule has 0 bridgehead atoms. The number of fused-ring (bicyclic) bond motifs is 1. The van der Waals surface area contributed by atoms with Crippen LogP contribution in [0.4, 0.5) is 10.5 Å². The number of carboxylic acids is 1. The number of carbonyl (C=O) groups excluding carboxylic acids is 1. The van der Waals surface area contributed by atoms with Crippen LogP contribution in [-0.4, -0.2) is 41.1 Å². The third-order valence-corrected chi connectivity index (χ3v) is 4.16. The van der Waals surface area contributed by atoms with Gasteiger partial charge in [-0.05, 0) is 43.4 Å². The Morgan fingerprint density at radius 1 is 1.38 bits per heavy atom. The summed E-state index contributed by atoms with van der Waals surface area (Å²) >= 11 is 0. The number of benzene rings is 1. The van der Waals surface area contributed by atoms with Crippen molar-refractivity contribution in [1.29, 1.82) is 0 Å².